The molecule has 0 aliphatic rings. The topological polar surface area (TPSA) is 52.9 Å². The van der Waals surface area contributed by atoms with E-state index in [1.807, 2.05) is 6.92 Å². The van der Waals surface area contributed by atoms with Crippen LogP contribution in [-0.4, -0.2) is 12.6 Å². The quantitative estimate of drug-likeness (QED) is 0.537. The highest BCUT2D eigenvalue weighted by atomic mass is 16.2. The molecule has 1 radical (unpaired) electrons. The number of carbonyl (C=O) groups excluding carboxylic acids is 1. The summed E-state index contributed by atoms with van der Waals surface area (Å²) in [6.45, 7) is 2.55. The van der Waals surface area contributed by atoms with Crippen LogP contribution in [-0.2, 0) is 0 Å². The van der Waals surface area contributed by atoms with Gasteiger partial charge in [-0.2, -0.15) is 0 Å². The summed E-state index contributed by atoms with van der Waals surface area (Å²) in [4.78, 5) is 9.76. The molecule has 3 heteroatoms. The molecule has 0 bridgehead atoms. The molecule has 0 unspecified atom stereocenters. The first-order valence-electron chi connectivity index (χ1n) is 2.26. The molecule has 0 aromatic rings. The summed E-state index contributed by atoms with van der Waals surface area (Å²) in [5, 5.41) is 2.32. The fourth-order valence-corrected chi connectivity index (χ4v) is 0.239. The fraction of sp³-hybridized carbons (Fsp3) is 0.750. The lowest BCUT2D eigenvalue weighted by molar-refractivity contribution is 0.247. The van der Waals surface area contributed by atoms with Gasteiger partial charge in [0.1, 0.15) is 0 Å². The Hall–Kier alpha value is -0.730. The van der Waals surface area contributed by atoms with E-state index in [0.29, 0.717) is 6.54 Å². The van der Waals surface area contributed by atoms with Crippen LogP contribution in [0.2, 0.25) is 0 Å². The minimum Gasteiger partial charge on any atom is -0.337 e. The van der Waals surface area contributed by atoms with Gasteiger partial charge >= 0.3 is 6.03 Å². The monoisotopic (exact) mass is 101 g/mol. The normalized spacial score (nSPS) is 8.14. The van der Waals surface area contributed by atoms with Gasteiger partial charge in [-0.15, -0.1) is 0 Å². The molecule has 0 aliphatic heterocycles. The summed E-state index contributed by atoms with van der Waals surface area (Å²) in [6.07, 6.45) is 0.893. The molecular weight excluding hydrogens is 92.1 g/mol. The van der Waals surface area contributed by atoms with Gasteiger partial charge in [0.25, 0.3) is 0 Å². The van der Waals surface area contributed by atoms with Gasteiger partial charge in [-0.25, -0.2) is 10.5 Å². The molecule has 2 N–H and O–H groups in total. The Bertz CT molecular complexity index is 62.7. The zero-order valence-corrected chi connectivity index (χ0v) is 4.32. The van der Waals surface area contributed by atoms with Crippen LogP contribution in [0.3, 0.4) is 0 Å². The maximum absolute atomic E-state index is 9.76. The van der Waals surface area contributed by atoms with Crippen LogP contribution in [0, 0.1) is 0 Å². The maximum Gasteiger partial charge on any atom is 0.333 e. The molecule has 2 amide bonds. The van der Waals surface area contributed by atoms with Gasteiger partial charge in [0.05, 0.1) is 0 Å². The minimum atomic E-state index is -0.693. The molecule has 0 aromatic heterocycles. The van der Waals surface area contributed by atoms with E-state index in [1.54, 1.807) is 0 Å². The van der Waals surface area contributed by atoms with E-state index in [9.17, 15) is 4.79 Å². The van der Waals surface area contributed by atoms with Crippen molar-refractivity contribution in [1.29, 1.82) is 0 Å². The zero-order valence-electron chi connectivity index (χ0n) is 4.32. The Morgan fingerprint density at radius 1 is 1.86 bits per heavy atom. The van der Waals surface area contributed by atoms with Crippen molar-refractivity contribution in [3.8, 4) is 0 Å². The molecule has 41 valence electrons. The molecular formula is C4H9N2O. The molecule has 0 fully saturated rings. The summed E-state index contributed by atoms with van der Waals surface area (Å²) in [7, 11) is 0. The van der Waals surface area contributed by atoms with E-state index < -0.39 is 6.03 Å². The molecule has 0 aliphatic carbocycles. The third-order valence-corrected chi connectivity index (χ3v) is 0.536. The van der Waals surface area contributed by atoms with Gasteiger partial charge < -0.3 is 5.32 Å². The van der Waals surface area contributed by atoms with Crippen LogP contribution in [0.15, 0.2) is 0 Å². The Labute approximate surface area is 42.9 Å². The highest BCUT2D eigenvalue weighted by Gasteiger charge is 1.85. The number of hydrogen-bond acceptors (Lipinski definition) is 1. The molecule has 0 heterocycles. The van der Waals surface area contributed by atoms with Crippen molar-refractivity contribution >= 4 is 6.03 Å². The predicted octanol–water partition coefficient (Wildman–Crippen LogP) is 0.389. The summed E-state index contributed by atoms with van der Waals surface area (Å²) < 4.78 is 0. The number of urea groups is 1. The number of amides is 2. The van der Waals surface area contributed by atoms with E-state index >= 15 is 0 Å². The molecule has 0 aromatic carbocycles. The Kier molecular flexibility index (Phi) is 3.10. The molecule has 0 rings (SSSR count). The van der Waals surface area contributed by atoms with Crippen molar-refractivity contribution < 1.29 is 4.79 Å². The highest BCUT2D eigenvalue weighted by molar-refractivity contribution is 5.70. The fourth-order valence-electron chi connectivity index (χ4n) is 0.239. The lowest BCUT2D eigenvalue weighted by Gasteiger charge is -1.92. The molecule has 0 spiro atoms. The Morgan fingerprint density at radius 2 is 2.43 bits per heavy atom. The van der Waals surface area contributed by atoms with Crippen LogP contribution in [0.1, 0.15) is 13.3 Å². The number of carbonyl (C=O) groups is 1. The van der Waals surface area contributed by atoms with Crippen molar-refractivity contribution in [2.75, 3.05) is 6.54 Å². The molecule has 7 heavy (non-hydrogen) atoms. The average Bonchev–Trinajstić information content (AvgIpc) is 1.61. The van der Waals surface area contributed by atoms with Gasteiger partial charge in [0.2, 0.25) is 0 Å². The molecule has 0 saturated heterocycles. The Morgan fingerprint density at radius 3 is 2.57 bits per heavy atom. The molecule has 0 saturated carbocycles. The van der Waals surface area contributed by atoms with Crippen molar-refractivity contribution in [3.05, 3.63) is 0 Å². The maximum atomic E-state index is 9.76. The summed E-state index contributed by atoms with van der Waals surface area (Å²) >= 11 is 0. The second kappa shape index (κ2) is 3.46. The first kappa shape index (κ1) is 6.27. The lowest BCUT2D eigenvalue weighted by atomic mass is 10.5. The SMILES string of the molecule is CCCNC([NH])=O. The van der Waals surface area contributed by atoms with Gasteiger partial charge in [-0.1, -0.05) is 6.92 Å². The van der Waals surface area contributed by atoms with Crippen molar-refractivity contribution in [2.45, 2.75) is 13.3 Å². The third kappa shape index (κ3) is 5.27. The van der Waals surface area contributed by atoms with E-state index in [4.69, 9.17) is 5.73 Å². The van der Waals surface area contributed by atoms with E-state index in [0.717, 1.165) is 6.42 Å². The van der Waals surface area contributed by atoms with E-state index in [1.165, 1.54) is 0 Å². The highest BCUT2D eigenvalue weighted by Crippen LogP contribution is 1.67. The molecule has 0 atom stereocenters. The standard InChI is InChI=1S/C4H9N2O/c1-2-3-6-4(5)7/h5H,2-3H2,1H3,(H,6,7). The van der Waals surface area contributed by atoms with Crippen LogP contribution in [0.4, 0.5) is 4.79 Å². The smallest absolute Gasteiger partial charge is 0.333 e. The van der Waals surface area contributed by atoms with Gasteiger partial charge in [-0.3, -0.25) is 0 Å². The van der Waals surface area contributed by atoms with Crippen LogP contribution < -0.4 is 11.1 Å². The summed E-state index contributed by atoms with van der Waals surface area (Å²) in [5.41, 5.74) is 6.33. The first-order chi connectivity index (χ1) is 3.27. The van der Waals surface area contributed by atoms with Crippen LogP contribution >= 0.6 is 0 Å². The van der Waals surface area contributed by atoms with Crippen molar-refractivity contribution in [2.24, 2.45) is 0 Å². The third-order valence-electron chi connectivity index (χ3n) is 0.536. The summed E-state index contributed by atoms with van der Waals surface area (Å²) in [6, 6.07) is -0.693. The first-order valence-corrected chi connectivity index (χ1v) is 2.26. The number of nitrogens with one attached hydrogen (secondary N) is 2. The average molecular weight is 101 g/mol. The van der Waals surface area contributed by atoms with Crippen LogP contribution in [0.5, 0.6) is 0 Å². The second-order valence-electron chi connectivity index (χ2n) is 1.26. The second-order valence-corrected chi connectivity index (χ2v) is 1.26. The zero-order chi connectivity index (χ0) is 5.70. The Balaban J connectivity index is 2.82. The largest absolute Gasteiger partial charge is 0.337 e. The minimum absolute atomic E-state index is 0.613. The van der Waals surface area contributed by atoms with E-state index in [2.05, 4.69) is 5.32 Å². The summed E-state index contributed by atoms with van der Waals surface area (Å²) in [5.74, 6) is 0. The molecule has 3 nitrogen and oxygen atoms in total. The number of rotatable bonds is 2. The van der Waals surface area contributed by atoms with E-state index in [-0.39, 0.29) is 0 Å². The van der Waals surface area contributed by atoms with Gasteiger partial charge in [0.15, 0.2) is 0 Å². The van der Waals surface area contributed by atoms with Gasteiger partial charge in [0, 0.05) is 6.54 Å². The van der Waals surface area contributed by atoms with Crippen LogP contribution in [0.25, 0.3) is 0 Å². The lowest BCUT2D eigenvalue weighted by Crippen LogP contribution is -2.22. The van der Waals surface area contributed by atoms with Gasteiger partial charge in [-0.05, 0) is 6.42 Å². The predicted molar refractivity (Wildman–Crippen MR) is 26.8 cm³/mol. The van der Waals surface area contributed by atoms with Crippen molar-refractivity contribution in [3.63, 3.8) is 0 Å². The number of hydrogen-bond donors (Lipinski definition) is 1. The van der Waals surface area contributed by atoms with Crippen molar-refractivity contribution in [1.82, 2.24) is 11.1 Å².